The molecule has 1 aromatic heterocycles. The van der Waals surface area contributed by atoms with E-state index < -0.39 is 18.1 Å². The number of halogens is 1. The number of carbonyl (C=O) groups excluding carboxylic acids is 1. The lowest BCUT2D eigenvalue weighted by Gasteiger charge is -2.48. The number of amides is 1. The molecule has 7 nitrogen and oxygen atoms in total. The summed E-state index contributed by atoms with van der Waals surface area (Å²) in [7, 11) is 0. The number of nitrogens with zero attached hydrogens (tertiary/aromatic N) is 1. The van der Waals surface area contributed by atoms with Crippen LogP contribution in [0, 0.1) is 5.82 Å². The molecule has 1 spiro atoms. The molecule has 3 N–H and O–H groups in total. The summed E-state index contributed by atoms with van der Waals surface area (Å²) in [6, 6.07) is 13.9. The summed E-state index contributed by atoms with van der Waals surface area (Å²) in [5.41, 5.74) is 2.28. The topological polar surface area (TPSA) is 96.6 Å². The van der Waals surface area contributed by atoms with E-state index in [4.69, 9.17) is 9.26 Å². The average Bonchev–Trinajstić information content (AvgIpc) is 3.41. The Morgan fingerprint density at radius 3 is 2.72 bits per heavy atom. The van der Waals surface area contributed by atoms with Crippen LogP contribution in [0.2, 0.25) is 0 Å². The normalized spacial score (nSPS) is 19.6. The first-order valence-corrected chi connectivity index (χ1v) is 12.6. The highest BCUT2D eigenvalue weighted by molar-refractivity contribution is 5.91. The number of aliphatic hydroxyl groups is 1. The number of ether oxygens (including phenoxy) is 1. The molecule has 2 aromatic carbocycles. The number of hydrogen-bond acceptors (Lipinski definition) is 6. The van der Waals surface area contributed by atoms with Gasteiger partial charge in [-0.15, -0.1) is 0 Å². The van der Waals surface area contributed by atoms with Gasteiger partial charge in [-0.05, 0) is 49.3 Å². The van der Waals surface area contributed by atoms with Crippen LogP contribution in [0.1, 0.15) is 65.9 Å². The van der Waals surface area contributed by atoms with Crippen LogP contribution in [0.4, 0.5) is 4.39 Å². The Balaban J connectivity index is 1.33. The van der Waals surface area contributed by atoms with Gasteiger partial charge in [-0.1, -0.05) is 42.4 Å². The standard InChI is InChI=1S/C28H32FN3O4/c1-2-19-14-20-23(16-28(10-6-11-28)35-26(20)15-21(19)29)30-17-24(33)22(13-18-7-4-3-5-8-18)32-27(34)25-9-12-31-36-25/h3-5,7-9,12,14-15,22-24,30,33H,2,6,10-11,13,16-17H2,1H3,(H,32,34)/t22-,23-,24+/m0/s1. The molecule has 190 valence electrons. The highest BCUT2D eigenvalue weighted by Gasteiger charge is 2.46. The van der Waals surface area contributed by atoms with Crippen molar-refractivity contribution in [1.29, 1.82) is 0 Å². The zero-order valence-electron chi connectivity index (χ0n) is 20.4. The van der Waals surface area contributed by atoms with E-state index in [2.05, 4.69) is 15.8 Å². The molecule has 2 aliphatic rings. The average molecular weight is 494 g/mol. The molecule has 1 aliphatic carbocycles. The van der Waals surface area contributed by atoms with Gasteiger partial charge >= 0.3 is 0 Å². The van der Waals surface area contributed by atoms with Crippen LogP contribution in [-0.4, -0.2) is 40.5 Å². The van der Waals surface area contributed by atoms with Gasteiger partial charge < -0.3 is 25.0 Å². The van der Waals surface area contributed by atoms with Crippen LogP contribution in [0.15, 0.2) is 59.3 Å². The van der Waals surface area contributed by atoms with Crippen LogP contribution in [0.5, 0.6) is 5.75 Å². The molecule has 3 atom stereocenters. The Kier molecular flexibility index (Phi) is 7.07. The van der Waals surface area contributed by atoms with E-state index in [0.717, 1.165) is 36.8 Å². The van der Waals surface area contributed by atoms with Crippen LogP contribution in [0.25, 0.3) is 0 Å². The number of benzene rings is 2. The van der Waals surface area contributed by atoms with Crippen molar-refractivity contribution in [3.05, 3.63) is 83.0 Å². The van der Waals surface area contributed by atoms with Crippen LogP contribution >= 0.6 is 0 Å². The predicted octanol–water partition coefficient (Wildman–Crippen LogP) is 4.11. The fraction of sp³-hybridized carbons (Fsp3) is 0.429. The first-order chi connectivity index (χ1) is 17.5. The second-order valence-corrected chi connectivity index (χ2v) is 9.85. The van der Waals surface area contributed by atoms with Gasteiger partial charge in [0.25, 0.3) is 5.91 Å². The molecule has 0 unspecified atom stereocenters. The van der Waals surface area contributed by atoms with Crippen molar-refractivity contribution < 1.29 is 23.6 Å². The van der Waals surface area contributed by atoms with Gasteiger partial charge in [0, 0.05) is 36.7 Å². The molecule has 0 radical (unpaired) electrons. The predicted molar refractivity (Wildman–Crippen MR) is 132 cm³/mol. The maximum absolute atomic E-state index is 14.6. The van der Waals surface area contributed by atoms with E-state index in [0.29, 0.717) is 24.2 Å². The monoisotopic (exact) mass is 493 g/mol. The fourth-order valence-electron chi connectivity index (χ4n) is 5.20. The van der Waals surface area contributed by atoms with Crippen LogP contribution in [-0.2, 0) is 12.8 Å². The van der Waals surface area contributed by atoms with Crippen molar-refractivity contribution in [2.24, 2.45) is 0 Å². The summed E-state index contributed by atoms with van der Waals surface area (Å²) in [5.74, 6) is -0.000407. The molecule has 36 heavy (non-hydrogen) atoms. The number of aliphatic hydroxyl groups excluding tert-OH is 1. The Labute approximate surface area is 210 Å². The molecule has 0 bridgehead atoms. The lowest BCUT2D eigenvalue weighted by Crippen LogP contribution is -2.52. The number of nitrogens with one attached hydrogen (secondary N) is 2. The van der Waals surface area contributed by atoms with Crippen molar-refractivity contribution in [2.75, 3.05) is 6.54 Å². The maximum Gasteiger partial charge on any atom is 0.290 e. The van der Waals surface area contributed by atoms with E-state index in [1.54, 1.807) is 0 Å². The highest BCUT2D eigenvalue weighted by atomic mass is 19.1. The summed E-state index contributed by atoms with van der Waals surface area (Å²) in [6.45, 7) is 2.17. The van der Waals surface area contributed by atoms with Crippen LogP contribution in [0.3, 0.4) is 0 Å². The zero-order valence-corrected chi connectivity index (χ0v) is 20.4. The summed E-state index contributed by atoms with van der Waals surface area (Å²) >= 11 is 0. The molecule has 1 aliphatic heterocycles. The minimum absolute atomic E-state index is 0.0862. The number of carbonyl (C=O) groups is 1. The lowest BCUT2D eigenvalue weighted by atomic mass is 9.72. The van der Waals surface area contributed by atoms with Gasteiger partial charge in [0.1, 0.15) is 17.2 Å². The number of rotatable bonds is 9. The van der Waals surface area contributed by atoms with Gasteiger partial charge in [0.15, 0.2) is 0 Å². The molecule has 0 saturated heterocycles. The molecular formula is C28H32FN3O4. The Morgan fingerprint density at radius 1 is 1.25 bits per heavy atom. The number of hydrogen-bond donors (Lipinski definition) is 3. The van der Waals surface area contributed by atoms with E-state index in [1.165, 1.54) is 18.3 Å². The summed E-state index contributed by atoms with van der Waals surface area (Å²) < 4.78 is 25.8. The van der Waals surface area contributed by atoms with Crippen molar-refractivity contribution in [3.8, 4) is 5.75 Å². The number of aromatic nitrogens is 1. The fourth-order valence-corrected chi connectivity index (χ4v) is 5.20. The highest BCUT2D eigenvalue weighted by Crippen LogP contribution is 2.49. The van der Waals surface area contributed by atoms with Crippen molar-refractivity contribution in [3.63, 3.8) is 0 Å². The van der Waals surface area contributed by atoms with E-state index >= 15 is 0 Å². The Bertz CT molecular complexity index is 1180. The van der Waals surface area contributed by atoms with Gasteiger partial charge in [-0.3, -0.25) is 4.79 Å². The number of fused-ring (bicyclic) bond motifs is 1. The molecular weight excluding hydrogens is 461 g/mol. The van der Waals surface area contributed by atoms with Crippen molar-refractivity contribution in [2.45, 2.75) is 69.2 Å². The third-order valence-corrected chi connectivity index (χ3v) is 7.42. The maximum atomic E-state index is 14.6. The number of aryl methyl sites for hydroxylation is 1. The summed E-state index contributed by atoms with van der Waals surface area (Å²) in [4.78, 5) is 12.7. The quantitative estimate of drug-likeness (QED) is 0.415. The largest absolute Gasteiger partial charge is 0.487 e. The first-order valence-electron chi connectivity index (χ1n) is 12.6. The molecule has 2 heterocycles. The Morgan fingerprint density at radius 2 is 2.06 bits per heavy atom. The second-order valence-electron chi connectivity index (χ2n) is 9.85. The Hall–Kier alpha value is -3.23. The second kappa shape index (κ2) is 10.4. The molecule has 5 rings (SSSR count). The van der Waals surface area contributed by atoms with Crippen molar-refractivity contribution in [1.82, 2.24) is 15.8 Å². The van der Waals surface area contributed by atoms with Gasteiger partial charge in [-0.25, -0.2) is 4.39 Å². The molecule has 1 amide bonds. The minimum atomic E-state index is -0.883. The van der Waals surface area contributed by atoms with Crippen LogP contribution < -0.4 is 15.4 Å². The smallest absolute Gasteiger partial charge is 0.290 e. The third kappa shape index (κ3) is 5.15. The molecule has 8 heteroatoms. The zero-order chi connectivity index (χ0) is 25.1. The first kappa shape index (κ1) is 24.5. The van der Waals surface area contributed by atoms with Gasteiger partial charge in [0.05, 0.1) is 18.3 Å². The summed E-state index contributed by atoms with van der Waals surface area (Å²) in [5, 5.41) is 21.2. The van der Waals surface area contributed by atoms with E-state index in [9.17, 15) is 14.3 Å². The van der Waals surface area contributed by atoms with E-state index in [-0.39, 0.29) is 29.8 Å². The molecule has 1 fully saturated rings. The van der Waals surface area contributed by atoms with Gasteiger partial charge in [0.2, 0.25) is 5.76 Å². The minimum Gasteiger partial charge on any atom is -0.487 e. The van der Waals surface area contributed by atoms with Crippen molar-refractivity contribution >= 4 is 5.91 Å². The lowest BCUT2D eigenvalue weighted by molar-refractivity contribution is -0.0384. The van der Waals surface area contributed by atoms with Gasteiger partial charge in [-0.2, -0.15) is 0 Å². The third-order valence-electron chi connectivity index (χ3n) is 7.42. The molecule has 3 aromatic rings. The summed E-state index contributed by atoms with van der Waals surface area (Å²) in [6.07, 6.45) is 5.29. The molecule has 1 saturated carbocycles. The van der Waals surface area contributed by atoms with E-state index in [1.807, 2.05) is 43.3 Å². The SMILES string of the molecule is CCc1cc2c(cc1F)OC1(CCC1)C[C@@H]2NC[C@@H](O)[C@H](Cc1ccccc1)NC(=O)c1ccno1.